The summed E-state index contributed by atoms with van der Waals surface area (Å²) in [4.78, 5) is 0. The summed E-state index contributed by atoms with van der Waals surface area (Å²) < 4.78 is 7.27. The molecule has 24 heavy (non-hydrogen) atoms. The van der Waals surface area contributed by atoms with Gasteiger partial charge in [-0.15, -0.1) is 5.10 Å². The highest BCUT2D eigenvalue weighted by Gasteiger charge is 2.15. The van der Waals surface area contributed by atoms with E-state index in [-0.39, 0.29) is 0 Å². The standard InChI is InChI=1S/C20H23N3O/c1-3-4-10-19-20(17-11-13-18(24-2)14-12-17)23(22-21-19)15-16-8-6-5-7-9-16/h5-9,11-14H,3-4,10,15H2,1-2H3. The van der Waals surface area contributed by atoms with E-state index in [0.717, 1.165) is 48.5 Å². The zero-order valence-electron chi connectivity index (χ0n) is 14.3. The number of rotatable bonds is 7. The van der Waals surface area contributed by atoms with Gasteiger partial charge in [-0.05, 0) is 42.7 Å². The number of ether oxygens (including phenoxy) is 1. The van der Waals surface area contributed by atoms with Crippen molar-refractivity contribution in [2.45, 2.75) is 32.7 Å². The van der Waals surface area contributed by atoms with Crippen molar-refractivity contribution in [1.29, 1.82) is 0 Å². The monoisotopic (exact) mass is 321 g/mol. The van der Waals surface area contributed by atoms with E-state index in [9.17, 15) is 0 Å². The molecule has 1 aromatic heterocycles. The second-order valence-electron chi connectivity index (χ2n) is 5.86. The number of hydrogen-bond acceptors (Lipinski definition) is 3. The van der Waals surface area contributed by atoms with Gasteiger partial charge in [0.05, 0.1) is 25.0 Å². The fourth-order valence-electron chi connectivity index (χ4n) is 2.79. The molecule has 0 unspecified atom stereocenters. The highest BCUT2D eigenvalue weighted by atomic mass is 16.5. The Labute approximate surface area is 143 Å². The molecule has 2 aromatic carbocycles. The average molecular weight is 321 g/mol. The van der Waals surface area contributed by atoms with Crippen molar-refractivity contribution in [3.8, 4) is 17.0 Å². The third-order valence-electron chi connectivity index (χ3n) is 4.11. The van der Waals surface area contributed by atoms with E-state index in [0.29, 0.717) is 0 Å². The van der Waals surface area contributed by atoms with Crippen LogP contribution in [0.4, 0.5) is 0 Å². The largest absolute Gasteiger partial charge is 0.497 e. The number of aromatic nitrogens is 3. The van der Waals surface area contributed by atoms with Crippen LogP contribution < -0.4 is 4.74 Å². The number of hydrogen-bond donors (Lipinski definition) is 0. The molecule has 0 aliphatic carbocycles. The van der Waals surface area contributed by atoms with Crippen LogP contribution in [0, 0.1) is 0 Å². The summed E-state index contributed by atoms with van der Waals surface area (Å²) >= 11 is 0. The zero-order valence-corrected chi connectivity index (χ0v) is 14.3. The quantitative estimate of drug-likeness (QED) is 0.650. The molecule has 0 saturated carbocycles. The van der Waals surface area contributed by atoms with Gasteiger partial charge in [0.2, 0.25) is 0 Å². The van der Waals surface area contributed by atoms with Gasteiger partial charge < -0.3 is 4.74 Å². The van der Waals surface area contributed by atoms with Crippen LogP contribution in [0.1, 0.15) is 31.0 Å². The predicted octanol–water partition coefficient (Wildman–Crippen LogP) is 4.34. The topological polar surface area (TPSA) is 39.9 Å². The maximum atomic E-state index is 5.27. The minimum atomic E-state index is 0.724. The first-order valence-corrected chi connectivity index (χ1v) is 8.42. The lowest BCUT2D eigenvalue weighted by atomic mass is 10.1. The fraction of sp³-hybridized carbons (Fsp3) is 0.300. The summed E-state index contributed by atoms with van der Waals surface area (Å²) in [6, 6.07) is 18.5. The van der Waals surface area contributed by atoms with Crippen molar-refractivity contribution in [3.63, 3.8) is 0 Å². The van der Waals surface area contributed by atoms with Crippen LogP contribution in [-0.2, 0) is 13.0 Å². The molecule has 3 rings (SSSR count). The molecule has 0 radical (unpaired) electrons. The van der Waals surface area contributed by atoms with Crippen molar-refractivity contribution in [1.82, 2.24) is 15.0 Å². The van der Waals surface area contributed by atoms with Crippen molar-refractivity contribution < 1.29 is 4.74 Å². The van der Waals surface area contributed by atoms with Crippen molar-refractivity contribution in [3.05, 3.63) is 65.9 Å². The molecule has 3 aromatic rings. The molecule has 0 amide bonds. The Hall–Kier alpha value is -2.62. The number of nitrogens with zero attached hydrogens (tertiary/aromatic N) is 3. The maximum absolute atomic E-state index is 5.27. The van der Waals surface area contributed by atoms with Gasteiger partial charge in [-0.2, -0.15) is 0 Å². The molecule has 0 spiro atoms. The fourth-order valence-corrected chi connectivity index (χ4v) is 2.79. The third-order valence-corrected chi connectivity index (χ3v) is 4.11. The van der Waals surface area contributed by atoms with E-state index >= 15 is 0 Å². The highest BCUT2D eigenvalue weighted by Crippen LogP contribution is 2.26. The average Bonchev–Trinajstić information content (AvgIpc) is 3.03. The van der Waals surface area contributed by atoms with Crippen LogP contribution in [0.25, 0.3) is 11.3 Å². The normalized spacial score (nSPS) is 10.8. The van der Waals surface area contributed by atoms with E-state index in [2.05, 4.69) is 53.6 Å². The highest BCUT2D eigenvalue weighted by molar-refractivity contribution is 5.63. The summed E-state index contributed by atoms with van der Waals surface area (Å²) in [5.74, 6) is 0.857. The Morgan fingerprint density at radius 3 is 2.42 bits per heavy atom. The van der Waals surface area contributed by atoms with E-state index in [1.165, 1.54) is 5.56 Å². The summed E-state index contributed by atoms with van der Waals surface area (Å²) in [6.45, 7) is 2.92. The second kappa shape index (κ2) is 7.77. The van der Waals surface area contributed by atoms with Gasteiger partial charge in [0.25, 0.3) is 0 Å². The van der Waals surface area contributed by atoms with Gasteiger partial charge in [0, 0.05) is 5.56 Å². The van der Waals surface area contributed by atoms with E-state index < -0.39 is 0 Å². The molecule has 0 fully saturated rings. The Balaban J connectivity index is 1.97. The molecule has 0 aliphatic rings. The van der Waals surface area contributed by atoms with Gasteiger partial charge in [0.1, 0.15) is 5.75 Å². The van der Waals surface area contributed by atoms with Crippen LogP contribution >= 0.6 is 0 Å². The molecule has 1 heterocycles. The van der Waals surface area contributed by atoms with Gasteiger partial charge in [0.15, 0.2) is 0 Å². The summed E-state index contributed by atoms with van der Waals surface area (Å²) in [5.41, 5.74) is 4.52. The van der Waals surface area contributed by atoms with Crippen molar-refractivity contribution in [2.75, 3.05) is 7.11 Å². The maximum Gasteiger partial charge on any atom is 0.118 e. The number of unbranched alkanes of at least 4 members (excludes halogenated alkanes) is 1. The molecule has 0 N–H and O–H groups in total. The lowest BCUT2D eigenvalue weighted by molar-refractivity contribution is 0.415. The smallest absolute Gasteiger partial charge is 0.118 e. The molecule has 0 aliphatic heterocycles. The molecule has 0 bridgehead atoms. The second-order valence-corrected chi connectivity index (χ2v) is 5.86. The number of methoxy groups -OCH3 is 1. The van der Waals surface area contributed by atoms with Crippen molar-refractivity contribution >= 4 is 0 Å². The first kappa shape index (κ1) is 16.2. The van der Waals surface area contributed by atoms with Crippen LogP contribution in [0.15, 0.2) is 54.6 Å². The lowest BCUT2D eigenvalue weighted by Crippen LogP contribution is -2.04. The molecule has 0 saturated heterocycles. The minimum absolute atomic E-state index is 0.724. The SMILES string of the molecule is CCCCc1nnn(Cc2ccccc2)c1-c1ccc(OC)cc1. The van der Waals surface area contributed by atoms with Crippen molar-refractivity contribution in [2.24, 2.45) is 0 Å². The minimum Gasteiger partial charge on any atom is -0.497 e. The number of aryl methyl sites for hydroxylation is 1. The predicted molar refractivity (Wildman–Crippen MR) is 96.2 cm³/mol. The Morgan fingerprint density at radius 1 is 1.00 bits per heavy atom. The Morgan fingerprint density at radius 2 is 1.75 bits per heavy atom. The van der Waals surface area contributed by atoms with Crippen LogP contribution in [0.2, 0.25) is 0 Å². The summed E-state index contributed by atoms with van der Waals surface area (Å²) in [6.07, 6.45) is 3.22. The first-order valence-electron chi connectivity index (χ1n) is 8.42. The van der Waals surface area contributed by atoms with Crippen LogP contribution in [0.3, 0.4) is 0 Å². The van der Waals surface area contributed by atoms with Gasteiger partial charge in [-0.1, -0.05) is 48.9 Å². The molecule has 124 valence electrons. The Kier molecular flexibility index (Phi) is 5.26. The Bertz CT molecular complexity index is 763. The molecule has 4 heteroatoms. The summed E-state index contributed by atoms with van der Waals surface area (Å²) in [7, 11) is 1.68. The molecular formula is C20H23N3O. The molecular weight excluding hydrogens is 298 g/mol. The lowest BCUT2D eigenvalue weighted by Gasteiger charge is -2.09. The van der Waals surface area contributed by atoms with E-state index in [1.54, 1.807) is 7.11 Å². The molecule has 4 nitrogen and oxygen atoms in total. The van der Waals surface area contributed by atoms with Crippen LogP contribution in [0.5, 0.6) is 5.75 Å². The molecule has 0 atom stereocenters. The zero-order chi connectivity index (χ0) is 16.8. The third kappa shape index (κ3) is 3.65. The summed E-state index contributed by atoms with van der Waals surface area (Å²) in [5, 5.41) is 8.87. The van der Waals surface area contributed by atoms with Gasteiger partial charge >= 0.3 is 0 Å². The van der Waals surface area contributed by atoms with Gasteiger partial charge in [-0.25, -0.2) is 4.68 Å². The van der Waals surface area contributed by atoms with Crippen LogP contribution in [-0.4, -0.2) is 22.1 Å². The first-order chi connectivity index (χ1) is 11.8. The number of benzene rings is 2. The van der Waals surface area contributed by atoms with Gasteiger partial charge in [-0.3, -0.25) is 0 Å². The van der Waals surface area contributed by atoms with E-state index in [4.69, 9.17) is 4.74 Å². The van der Waals surface area contributed by atoms with E-state index in [1.807, 2.05) is 22.9 Å².